The van der Waals surface area contributed by atoms with Crippen LogP contribution < -0.4 is 4.74 Å². The molecule has 0 bridgehead atoms. The number of carbonyl (C=O) groups is 2. The van der Waals surface area contributed by atoms with Crippen molar-refractivity contribution in [3.63, 3.8) is 0 Å². The SMILES string of the molecule is CCCCC[C@@H](F)C(=O)OC1CCC(COc2ccc(C3CCC(OC(=O)[C@H](F)CCCCC)CC3)cc2)CC1. The summed E-state index contributed by atoms with van der Waals surface area (Å²) < 4.78 is 45.0. The smallest absolute Gasteiger partial charge is 0.340 e. The first-order chi connectivity index (χ1) is 19.4. The highest BCUT2D eigenvalue weighted by molar-refractivity contribution is 5.75. The van der Waals surface area contributed by atoms with Crippen molar-refractivity contribution >= 4 is 11.9 Å². The number of esters is 2. The molecule has 2 atom stereocenters. The normalized spacial score (nSPS) is 24.6. The van der Waals surface area contributed by atoms with Crippen LogP contribution in [0.4, 0.5) is 8.78 Å². The average molecular weight is 565 g/mol. The molecule has 0 spiro atoms. The summed E-state index contributed by atoms with van der Waals surface area (Å²) in [7, 11) is 0. The number of halogens is 2. The third kappa shape index (κ3) is 11.0. The topological polar surface area (TPSA) is 61.8 Å². The molecule has 0 unspecified atom stereocenters. The van der Waals surface area contributed by atoms with Gasteiger partial charge >= 0.3 is 11.9 Å². The molecule has 3 rings (SSSR count). The maximum absolute atomic E-state index is 14.1. The molecule has 226 valence electrons. The molecule has 2 aliphatic rings. The van der Waals surface area contributed by atoms with E-state index in [1.54, 1.807) is 0 Å². The van der Waals surface area contributed by atoms with Crippen molar-refractivity contribution in [3.05, 3.63) is 29.8 Å². The molecule has 0 saturated heterocycles. The molecule has 0 heterocycles. The minimum Gasteiger partial charge on any atom is -0.493 e. The van der Waals surface area contributed by atoms with Crippen LogP contribution in [0.1, 0.15) is 128 Å². The molecule has 7 heteroatoms. The second-order valence-electron chi connectivity index (χ2n) is 11.8. The number of carbonyl (C=O) groups excluding carboxylic acids is 2. The van der Waals surface area contributed by atoms with Gasteiger partial charge in [0.15, 0.2) is 12.3 Å². The van der Waals surface area contributed by atoms with E-state index >= 15 is 0 Å². The van der Waals surface area contributed by atoms with E-state index in [0.717, 1.165) is 95.6 Å². The van der Waals surface area contributed by atoms with Gasteiger partial charge in [0.05, 0.1) is 6.61 Å². The first-order valence-electron chi connectivity index (χ1n) is 15.8. The second-order valence-corrected chi connectivity index (χ2v) is 11.8. The minimum absolute atomic E-state index is 0.182. The van der Waals surface area contributed by atoms with Crippen LogP contribution in [0.2, 0.25) is 0 Å². The van der Waals surface area contributed by atoms with E-state index < -0.39 is 24.3 Å². The highest BCUT2D eigenvalue weighted by Crippen LogP contribution is 2.35. The van der Waals surface area contributed by atoms with E-state index in [0.29, 0.717) is 18.4 Å². The monoisotopic (exact) mass is 564 g/mol. The zero-order valence-corrected chi connectivity index (χ0v) is 24.6. The first kappa shape index (κ1) is 32.3. The van der Waals surface area contributed by atoms with Crippen LogP contribution >= 0.6 is 0 Å². The molecule has 1 aromatic carbocycles. The first-order valence-corrected chi connectivity index (χ1v) is 15.8. The summed E-state index contributed by atoms with van der Waals surface area (Å²) in [6.45, 7) is 4.73. The van der Waals surface area contributed by atoms with Gasteiger partial charge in [-0.25, -0.2) is 18.4 Å². The fourth-order valence-corrected chi connectivity index (χ4v) is 5.84. The van der Waals surface area contributed by atoms with Gasteiger partial charge in [-0.2, -0.15) is 0 Å². The van der Waals surface area contributed by atoms with Gasteiger partial charge in [-0.1, -0.05) is 51.7 Å². The van der Waals surface area contributed by atoms with Gasteiger partial charge in [-0.15, -0.1) is 0 Å². The van der Waals surface area contributed by atoms with E-state index in [9.17, 15) is 18.4 Å². The number of benzene rings is 1. The average Bonchev–Trinajstić information content (AvgIpc) is 2.97. The number of alkyl halides is 2. The molecule has 0 radical (unpaired) electrons. The minimum atomic E-state index is -1.50. The summed E-state index contributed by atoms with van der Waals surface area (Å²) in [6.07, 6.45) is 9.13. The number of rotatable bonds is 16. The van der Waals surface area contributed by atoms with Gasteiger partial charge in [0.2, 0.25) is 0 Å². The number of ether oxygens (including phenoxy) is 3. The molecule has 5 nitrogen and oxygen atoms in total. The molecule has 40 heavy (non-hydrogen) atoms. The summed E-state index contributed by atoms with van der Waals surface area (Å²) in [6, 6.07) is 8.25. The van der Waals surface area contributed by atoms with E-state index in [-0.39, 0.29) is 25.0 Å². The molecule has 0 N–H and O–H groups in total. The lowest BCUT2D eigenvalue weighted by Gasteiger charge is -2.29. The lowest BCUT2D eigenvalue weighted by Crippen LogP contribution is -2.30. The fourth-order valence-electron chi connectivity index (χ4n) is 5.84. The maximum Gasteiger partial charge on any atom is 0.340 e. The van der Waals surface area contributed by atoms with Crippen molar-refractivity contribution in [1.29, 1.82) is 0 Å². The molecular formula is C33H50F2O5. The molecule has 2 saturated carbocycles. The zero-order valence-electron chi connectivity index (χ0n) is 24.6. The molecule has 0 aromatic heterocycles. The maximum atomic E-state index is 14.1. The molecular weight excluding hydrogens is 514 g/mol. The summed E-state index contributed by atoms with van der Waals surface area (Å²) >= 11 is 0. The van der Waals surface area contributed by atoms with Crippen molar-refractivity contribution in [1.82, 2.24) is 0 Å². The summed E-state index contributed by atoms with van der Waals surface area (Å²) in [5.41, 5.74) is 1.25. The Bertz CT molecular complexity index is 860. The van der Waals surface area contributed by atoms with Crippen LogP contribution in [0.15, 0.2) is 24.3 Å². The van der Waals surface area contributed by atoms with Gasteiger partial charge in [-0.05, 0) is 107 Å². The largest absolute Gasteiger partial charge is 0.493 e. The predicted octanol–water partition coefficient (Wildman–Crippen LogP) is 8.57. The number of hydrogen-bond acceptors (Lipinski definition) is 5. The van der Waals surface area contributed by atoms with Crippen LogP contribution in [0.3, 0.4) is 0 Å². The Balaban J connectivity index is 1.31. The standard InChI is InChI=1S/C33H50F2O5/c1-3-5-7-9-30(34)32(36)39-28-17-11-24(12-18-28)23-38-27-19-13-25(14-20-27)26-15-21-29(22-16-26)40-33(37)31(35)10-8-6-4-2/h13-14,19-20,24,26,28-31H,3-12,15-18,21-23H2,1-2H3/t24?,26?,28?,29?,30-,31-/m1/s1. The van der Waals surface area contributed by atoms with Gasteiger partial charge < -0.3 is 14.2 Å². The Kier molecular flexibility index (Phi) is 14.2. The Labute approximate surface area is 239 Å². The van der Waals surface area contributed by atoms with Crippen LogP contribution in [-0.4, -0.2) is 43.1 Å². The van der Waals surface area contributed by atoms with Gasteiger partial charge in [0.25, 0.3) is 0 Å². The Morgan fingerprint density at radius 2 is 1.20 bits per heavy atom. The number of hydrogen-bond donors (Lipinski definition) is 0. The molecule has 0 amide bonds. The van der Waals surface area contributed by atoms with Crippen LogP contribution in [-0.2, 0) is 19.1 Å². The van der Waals surface area contributed by atoms with Gasteiger partial charge in [0, 0.05) is 0 Å². The summed E-state index contributed by atoms with van der Waals surface area (Å²) in [4.78, 5) is 24.1. The second kappa shape index (κ2) is 17.6. The van der Waals surface area contributed by atoms with Gasteiger partial charge in [-0.3, -0.25) is 0 Å². The van der Waals surface area contributed by atoms with E-state index in [1.807, 2.05) is 12.1 Å². The van der Waals surface area contributed by atoms with Gasteiger partial charge in [0.1, 0.15) is 18.0 Å². The summed E-state index contributed by atoms with van der Waals surface area (Å²) in [5, 5.41) is 0. The third-order valence-corrected chi connectivity index (χ3v) is 8.50. The third-order valence-electron chi connectivity index (χ3n) is 8.50. The molecule has 2 fully saturated rings. The van der Waals surface area contributed by atoms with E-state index in [2.05, 4.69) is 26.0 Å². The van der Waals surface area contributed by atoms with Crippen LogP contribution in [0.25, 0.3) is 0 Å². The molecule has 2 aliphatic carbocycles. The van der Waals surface area contributed by atoms with Crippen molar-refractivity contribution in [2.24, 2.45) is 5.92 Å². The zero-order chi connectivity index (χ0) is 28.7. The fraction of sp³-hybridized carbons (Fsp3) is 0.758. The Hall–Kier alpha value is -2.18. The quantitative estimate of drug-likeness (QED) is 0.149. The summed E-state index contributed by atoms with van der Waals surface area (Å²) in [5.74, 6) is 0.250. The van der Waals surface area contributed by atoms with Crippen molar-refractivity contribution in [2.45, 2.75) is 147 Å². The lowest BCUT2D eigenvalue weighted by atomic mass is 9.82. The molecule has 1 aromatic rings. The lowest BCUT2D eigenvalue weighted by molar-refractivity contribution is -0.158. The van der Waals surface area contributed by atoms with Crippen LogP contribution in [0.5, 0.6) is 5.75 Å². The van der Waals surface area contributed by atoms with Crippen molar-refractivity contribution < 1.29 is 32.6 Å². The predicted molar refractivity (Wildman–Crippen MR) is 153 cm³/mol. The molecule has 0 aliphatic heterocycles. The highest BCUT2D eigenvalue weighted by atomic mass is 19.1. The van der Waals surface area contributed by atoms with Crippen molar-refractivity contribution in [2.75, 3.05) is 6.61 Å². The highest BCUT2D eigenvalue weighted by Gasteiger charge is 2.29. The Morgan fingerprint density at radius 1 is 0.725 bits per heavy atom. The number of unbranched alkanes of at least 4 members (excludes halogenated alkanes) is 4. The van der Waals surface area contributed by atoms with E-state index in [1.165, 1.54) is 5.56 Å². The van der Waals surface area contributed by atoms with E-state index in [4.69, 9.17) is 14.2 Å². The van der Waals surface area contributed by atoms with Crippen LogP contribution in [0, 0.1) is 5.92 Å². The van der Waals surface area contributed by atoms with Crippen molar-refractivity contribution in [3.8, 4) is 5.75 Å². The Morgan fingerprint density at radius 3 is 1.68 bits per heavy atom.